The quantitative estimate of drug-likeness (QED) is 0.664. The van der Waals surface area contributed by atoms with Gasteiger partial charge in [0.2, 0.25) is 0 Å². The van der Waals surface area contributed by atoms with E-state index in [-0.39, 0.29) is 0 Å². The minimum absolute atomic E-state index is 0.720. The Hall–Kier alpha value is -0.510. The summed E-state index contributed by atoms with van der Waals surface area (Å²) >= 11 is 3.21. The fourth-order valence-corrected chi connectivity index (χ4v) is 1.11. The van der Waals surface area contributed by atoms with Crippen LogP contribution in [0.1, 0.15) is 5.69 Å². The van der Waals surface area contributed by atoms with Crippen molar-refractivity contribution in [2.45, 2.75) is 6.92 Å². The molecule has 0 atom stereocenters. The van der Waals surface area contributed by atoms with Crippen molar-refractivity contribution < 1.29 is 0 Å². The zero-order valence-electron chi connectivity index (χ0n) is 5.35. The molecule has 0 aliphatic heterocycles. The minimum atomic E-state index is 0.720. The van der Waals surface area contributed by atoms with Crippen LogP contribution in [0.2, 0.25) is 0 Å². The van der Waals surface area contributed by atoms with Crippen LogP contribution in [0.5, 0.6) is 0 Å². The molecule has 1 aromatic rings. The molecule has 0 radical (unpaired) electrons. The van der Waals surface area contributed by atoms with Gasteiger partial charge in [0.15, 0.2) is 4.60 Å². The highest BCUT2D eigenvalue weighted by Gasteiger charge is 2.04. The van der Waals surface area contributed by atoms with Crippen molar-refractivity contribution in [2.75, 3.05) is 5.73 Å². The van der Waals surface area contributed by atoms with E-state index >= 15 is 0 Å². The third kappa shape index (κ3) is 0.941. The number of rotatable bonds is 0. The van der Waals surface area contributed by atoms with Crippen molar-refractivity contribution >= 4 is 21.6 Å². The third-order valence-corrected chi connectivity index (χ3v) is 1.92. The fourth-order valence-electron chi connectivity index (χ4n) is 0.584. The first-order chi connectivity index (χ1) is 4.13. The van der Waals surface area contributed by atoms with Gasteiger partial charge < -0.3 is 5.73 Å². The number of halogens is 1. The van der Waals surface area contributed by atoms with Crippen molar-refractivity contribution in [3.8, 4) is 0 Å². The zero-order valence-corrected chi connectivity index (χ0v) is 6.94. The number of aryl methyl sites for hydroxylation is 1. The van der Waals surface area contributed by atoms with Crippen LogP contribution in [-0.4, -0.2) is 9.78 Å². The van der Waals surface area contributed by atoms with Crippen molar-refractivity contribution in [3.05, 3.63) is 10.3 Å². The summed E-state index contributed by atoms with van der Waals surface area (Å²) in [6, 6.07) is 0. The van der Waals surface area contributed by atoms with Gasteiger partial charge in [-0.3, -0.25) is 4.68 Å². The Morgan fingerprint density at radius 3 is 2.33 bits per heavy atom. The van der Waals surface area contributed by atoms with Gasteiger partial charge in [-0.2, -0.15) is 5.10 Å². The molecule has 0 aromatic carbocycles. The van der Waals surface area contributed by atoms with Crippen molar-refractivity contribution in [1.29, 1.82) is 0 Å². The van der Waals surface area contributed by atoms with Crippen LogP contribution in [0.4, 0.5) is 5.69 Å². The molecule has 2 N–H and O–H groups in total. The van der Waals surface area contributed by atoms with E-state index in [1.165, 1.54) is 0 Å². The second-order valence-electron chi connectivity index (χ2n) is 1.91. The van der Waals surface area contributed by atoms with E-state index < -0.39 is 0 Å². The Labute approximate surface area is 62.0 Å². The lowest BCUT2D eigenvalue weighted by Crippen LogP contribution is -1.93. The van der Waals surface area contributed by atoms with E-state index in [9.17, 15) is 0 Å². The average molecular weight is 190 g/mol. The molecule has 0 saturated carbocycles. The molecule has 3 nitrogen and oxygen atoms in total. The summed E-state index contributed by atoms with van der Waals surface area (Å²) < 4.78 is 2.46. The topological polar surface area (TPSA) is 43.8 Å². The van der Waals surface area contributed by atoms with Crippen LogP contribution >= 0.6 is 15.9 Å². The predicted octanol–water partition coefficient (Wildman–Crippen LogP) is 1.07. The van der Waals surface area contributed by atoms with Crippen LogP contribution in [0.25, 0.3) is 0 Å². The zero-order chi connectivity index (χ0) is 7.02. The molecule has 0 unspecified atom stereocenters. The number of hydrogen-bond acceptors (Lipinski definition) is 2. The Kier molecular flexibility index (Phi) is 1.48. The van der Waals surface area contributed by atoms with E-state index in [0.29, 0.717) is 0 Å². The maximum absolute atomic E-state index is 5.57. The van der Waals surface area contributed by atoms with E-state index in [1.54, 1.807) is 4.68 Å². The standard InChI is InChI=1S/C5H8BrN3/c1-3-4(7)5(6)8-9(3)2/h7H2,1-2H3. The van der Waals surface area contributed by atoms with Crippen LogP contribution in [-0.2, 0) is 7.05 Å². The van der Waals surface area contributed by atoms with Gasteiger partial charge in [0.1, 0.15) is 0 Å². The molecule has 0 fully saturated rings. The van der Waals surface area contributed by atoms with Crippen LogP contribution < -0.4 is 5.73 Å². The summed E-state index contributed by atoms with van der Waals surface area (Å²) in [7, 11) is 1.86. The molecule has 9 heavy (non-hydrogen) atoms. The van der Waals surface area contributed by atoms with E-state index in [1.807, 2.05) is 14.0 Å². The first kappa shape index (κ1) is 6.61. The van der Waals surface area contributed by atoms with E-state index in [4.69, 9.17) is 5.73 Å². The lowest BCUT2D eigenvalue weighted by Gasteiger charge is -1.90. The van der Waals surface area contributed by atoms with E-state index in [0.717, 1.165) is 16.0 Å². The lowest BCUT2D eigenvalue weighted by molar-refractivity contribution is 0.734. The normalized spacial score (nSPS) is 10.1. The average Bonchev–Trinajstić information content (AvgIpc) is 1.98. The monoisotopic (exact) mass is 189 g/mol. The molecule has 0 spiro atoms. The summed E-state index contributed by atoms with van der Waals surface area (Å²) in [6.07, 6.45) is 0. The summed E-state index contributed by atoms with van der Waals surface area (Å²) in [6.45, 7) is 1.92. The first-order valence-corrected chi connectivity index (χ1v) is 3.37. The summed E-state index contributed by atoms with van der Waals surface area (Å²) in [4.78, 5) is 0. The number of anilines is 1. The largest absolute Gasteiger partial charge is 0.395 e. The molecule has 4 heteroatoms. The van der Waals surface area contributed by atoms with Gasteiger partial charge in [-0.1, -0.05) is 0 Å². The molecule has 0 aliphatic rings. The molecule has 50 valence electrons. The second-order valence-corrected chi connectivity index (χ2v) is 2.66. The van der Waals surface area contributed by atoms with Gasteiger partial charge in [0.05, 0.1) is 11.4 Å². The Bertz CT molecular complexity index is 206. The molecule has 1 heterocycles. The van der Waals surface area contributed by atoms with Gasteiger partial charge >= 0.3 is 0 Å². The number of nitrogens with two attached hydrogens (primary N) is 1. The molecule has 0 bridgehead atoms. The van der Waals surface area contributed by atoms with E-state index in [2.05, 4.69) is 21.0 Å². The molecule has 0 saturated heterocycles. The van der Waals surface area contributed by atoms with Crippen LogP contribution in [0.15, 0.2) is 4.60 Å². The van der Waals surface area contributed by atoms with Crippen molar-refractivity contribution in [3.63, 3.8) is 0 Å². The highest BCUT2D eigenvalue weighted by Crippen LogP contribution is 2.19. The molecule has 0 aliphatic carbocycles. The smallest absolute Gasteiger partial charge is 0.151 e. The van der Waals surface area contributed by atoms with Crippen LogP contribution in [0, 0.1) is 6.92 Å². The molecule has 1 rings (SSSR count). The van der Waals surface area contributed by atoms with Gasteiger partial charge in [0.25, 0.3) is 0 Å². The number of hydrogen-bond donors (Lipinski definition) is 1. The fraction of sp³-hybridized carbons (Fsp3) is 0.400. The third-order valence-electron chi connectivity index (χ3n) is 1.34. The second kappa shape index (κ2) is 2.02. The summed E-state index contributed by atoms with van der Waals surface area (Å²) in [5, 5.41) is 4.02. The Morgan fingerprint density at radius 2 is 2.22 bits per heavy atom. The van der Waals surface area contributed by atoms with Gasteiger partial charge in [-0.15, -0.1) is 0 Å². The summed E-state index contributed by atoms with van der Waals surface area (Å²) in [5.41, 5.74) is 7.28. The maximum Gasteiger partial charge on any atom is 0.151 e. The highest BCUT2D eigenvalue weighted by molar-refractivity contribution is 9.10. The Balaban J connectivity index is 3.29. The SMILES string of the molecule is Cc1c(N)c(Br)nn1C. The molecule has 1 aromatic heterocycles. The maximum atomic E-state index is 5.57. The van der Waals surface area contributed by atoms with Gasteiger partial charge in [0, 0.05) is 7.05 Å². The summed E-state index contributed by atoms with van der Waals surface area (Å²) in [5.74, 6) is 0. The number of aromatic nitrogens is 2. The van der Waals surface area contributed by atoms with Crippen molar-refractivity contribution in [2.24, 2.45) is 7.05 Å². The number of nitrogen functional groups attached to an aromatic ring is 1. The minimum Gasteiger partial charge on any atom is -0.395 e. The molecule has 0 amide bonds. The highest BCUT2D eigenvalue weighted by atomic mass is 79.9. The molecular weight excluding hydrogens is 182 g/mol. The number of nitrogens with zero attached hydrogens (tertiary/aromatic N) is 2. The molecular formula is C5H8BrN3. The predicted molar refractivity (Wildman–Crippen MR) is 40.1 cm³/mol. The van der Waals surface area contributed by atoms with Gasteiger partial charge in [-0.25, -0.2) is 0 Å². The first-order valence-electron chi connectivity index (χ1n) is 2.57. The Morgan fingerprint density at radius 1 is 1.67 bits per heavy atom. The van der Waals surface area contributed by atoms with Crippen LogP contribution in [0.3, 0.4) is 0 Å². The van der Waals surface area contributed by atoms with Crippen molar-refractivity contribution in [1.82, 2.24) is 9.78 Å². The lowest BCUT2D eigenvalue weighted by atomic mass is 10.4. The van der Waals surface area contributed by atoms with Gasteiger partial charge in [-0.05, 0) is 22.9 Å².